The molecule has 0 radical (unpaired) electrons. The zero-order valence-electron chi connectivity index (χ0n) is 42.4. The number of nitrogens with two attached hydrogens (primary N) is 6. The smallest absolute Gasteiger partial charge is 0.328 e. The van der Waals surface area contributed by atoms with Crippen molar-refractivity contribution in [2.24, 2.45) is 45.3 Å². The molecule has 31 heteroatoms. The summed E-state index contributed by atoms with van der Waals surface area (Å²) in [5.41, 5.74) is 32.6. The molecule has 1 fully saturated rings. The molecule has 0 unspecified atom stereocenters. The van der Waals surface area contributed by atoms with Gasteiger partial charge in [-0.25, -0.2) is 4.79 Å². The van der Waals surface area contributed by atoms with Crippen LogP contribution in [0.25, 0.3) is 0 Å². The Bertz CT molecular complexity index is 2040. The molecule has 1 rings (SSSR count). The average Bonchev–Trinajstić information content (AvgIpc) is 3.83. The molecule has 0 bridgehead atoms. The topological polar surface area (TPSA) is 542 Å². The van der Waals surface area contributed by atoms with Gasteiger partial charge in [0.05, 0.1) is 18.8 Å². The van der Waals surface area contributed by atoms with Crippen LogP contribution in [-0.4, -0.2) is 189 Å². The first kappa shape index (κ1) is 65.8. The van der Waals surface area contributed by atoms with E-state index in [2.05, 4.69) is 42.2 Å². The number of hydrogen-bond donors (Lipinski definition) is 17. The maximum atomic E-state index is 14.3. The van der Waals surface area contributed by atoms with Crippen molar-refractivity contribution in [3.63, 3.8) is 0 Å². The largest absolute Gasteiger partial charge is 0.481 e. The number of guanidine groups is 1. The van der Waals surface area contributed by atoms with Crippen LogP contribution in [-0.2, 0) is 57.5 Å². The molecule has 31 nitrogen and oxygen atoms in total. The van der Waals surface area contributed by atoms with Crippen LogP contribution >= 0.6 is 0 Å². The molecule has 1 heterocycles. The van der Waals surface area contributed by atoms with Crippen molar-refractivity contribution in [1.29, 1.82) is 0 Å². The van der Waals surface area contributed by atoms with E-state index < -0.39 is 163 Å². The molecule has 0 aromatic heterocycles. The molecule has 0 aromatic carbocycles. The normalized spacial score (nSPS) is 16.7. The highest BCUT2D eigenvalue weighted by atomic mass is 16.4. The molecule has 1 aliphatic rings. The third kappa shape index (κ3) is 24.1. The Balaban J connectivity index is 3.41. The highest BCUT2D eigenvalue weighted by Crippen LogP contribution is 2.21. The second-order valence-corrected chi connectivity index (χ2v) is 18.3. The van der Waals surface area contributed by atoms with E-state index >= 15 is 0 Å². The fourth-order valence-corrected chi connectivity index (χ4v) is 7.50. The predicted octanol–water partition coefficient (Wildman–Crippen LogP) is -7.61. The third-order valence-corrected chi connectivity index (χ3v) is 11.7. The standard InChI is InChI=1S/C44H77N15O16/c1-21(2)33(42(73)59-19-7-10-29(59)41(72)55-25(9-6-18-51-44(49)50)38(69)58-34(22(3)61)43(74)75)57-39(70)27(13-16-32(64)65)54-36(67)24(8-4-5-17-45)53-40(71)28(20-60)56-37(68)26(12-15-31(48)63)52-35(66)23(46)11-14-30(47)62/h21-29,33-34,60-61H,4-20,45-46H2,1-3H3,(H2,47,62)(H2,48,63)(H,52,66)(H,53,71)(H,54,67)(H,55,72)(H,56,68)(H,57,70)(H,58,69)(H,64,65)(H,74,75)(H4,49,50,51)/t22-,23+,24+,25+,26+,27+,28+,29+,33+,34+/m1/s1. The molecule has 0 aliphatic carbocycles. The van der Waals surface area contributed by atoms with Crippen LogP contribution in [0, 0.1) is 5.92 Å². The van der Waals surface area contributed by atoms with E-state index in [9.17, 15) is 78.0 Å². The van der Waals surface area contributed by atoms with Crippen molar-refractivity contribution >= 4 is 77.0 Å². The van der Waals surface area contributed by atoms with Gasteiger partial charge in [-0.05, 0) is 83.6 Å². The van der Waals surface area contributed by atoms with Crippen LogP contribution in [0.5, 0.6) is 0 Å². The van der Waals surface area contributed by atoms with Gasteiger partial charge >= 0.3 is 11.9 Å². The van der Waals surface area contributed by atoms with Gasteiger partial charge in [0.2, 0.25) is 59.1 Å². The molecule has 1 aliphatic heterocycles. The lowest BCUT2D eigenvalue weighted by molar-refractivity contribution is -0.146. The minimum atomic E-state index is -1.79. The first-order chi connectivity index (χ1) is 35.1. The van der Waals surface area contributed by atoms with Gasteiger partial charge in [0.1, 0.15) is 42.3 Å². The summed E-state index contributed by atoms with van der Waals surface area (Å²) in [6.07, 6.45) is -3.19. The van der Waals surface area contributed by atoms with Crippen molar-refractivity contribution in [3.05, 3.63) is 0 Å². The highest BCUT2D eigenvalue weighted by Gasteiger charge is 2.41. The Labute approximate surface area is 432 Å². The Hall–Kier alpha value is -7.25. The predicted molar refractivity (Wildman–Crippen MR) is 264 cm³/mol. The maximum absolute atomic E-state index is 14.3. The summed E-state index contributed by atoms with van der Waals surface area (Å²) in [6, 6.07) is -13.6. The number of carboxylic acid groups (broad SMARTS) is 2. The number of primary amides is 2. The number of carbonyl (C=O) groups is 12. The number of aliphatic carboxylic acids is 2. The number of aliphatic hydroxyl groups is 2. The van der Waals surface area contributed by atoms with E-state index in [0.29, 0.717) is 12.8 Å². The number of likely N-dealkylation sites (tertiary alicyclic amines) is 1. The Morgan fingerprint density at radius 1 is 0.600 bits per heavy atom. The van der Waals surface area contributed by atoms with Gasteiger partial charge in [-0.2, -0.15) is 0 Å². The molecule has 424 valence electrons. The van der Waals surface area contributed by atoms with Gasteiger partial charge in [-0.3, -0.25) is 57.7 Å². The lowest BCUT2D eigenvalue weighted by Gasteiger charge is -2.32. The van der Waals surface area contributed by atoms with Crippen LogP contribution in [0.1, 0.15) is 104 Å². The lowest BCUT2D eigenvalue weighted by atomic mass is 10.0. The fraction of sp³-hybridized carbons (Fsp3) is 0.705. The number of rotatable bonds is 36. The lowest BCUT2D eigenvalue weighted by Crippen LogP contribution is -2.61. The van der Waals surface area contributed by atoms with Crippen molar-refractivity contribution in [1.82, 2.24) is 42.1 Å². The van der Waals surface area contributed by atoms with Crippen LogP contribution < -0.4 is 71.6 Å². The second kappa shape index (κ2) is 33.5. The number of unbranched alkanes of at least 4 members (excludes halogenated alkanes) is 1. The van der Waals surface area contributed by atoms with E-state index in [-0.39, 0.29) is 77.0 Å². The molecule has 1 saturated heterocycles. The molecular formula is C44H77N15O16. The molecular weight excluding hydrogens is 995 g/mol. The first-order valence-electron chi connectivity index (χ1n) is 24.4. The molecule has 75 heavy (non-hydrogen) atoms. The average molecular weight is 1070 g/mol. The number of hydrogen-bond acceptors (Lipinski definition) is 17. The number of nitrogens with one attached hydrogen (secondary N) is 7. The van der Waals surface area contributed by atoms with Gasteiger partial charge in [0, 0.05) is 32.4 Å². The number of amides is 10. The number of carbonyl (C=O) groups excluding carboxylic acids is 10. The number of aliphatic hydroxyl groups excluding tert-OH is 2. The summed E-state index contributed by atoms with van der Waals surface area (Å²) in [5.74, 6) is -13.2. The van der Waals surface area contributed by atoms with Gasteiger partial charge in [-0.1, -0.05) is 13.8 Å². The fourth-order valence-electron chi connectivity index (χ4n) is 7.50. The summed E-state index contributed by atoms with van der Waals surface area (Å²) in [5, 5.41) is 55.8. The minimum absolute atomic E-state index is 0.00830. The van der Waals surface area contributed by atoms with E-state index in [1.54, 1.807) is 13.8 Å². The molecule has 0 aromatic rings. The van der Waals surface area contributed by atoms with Crippen LogP contribution in [0.3, 0.4) is 0 Å². The quantitative estimate of drug-likeness (QED) is 0.0157. The molecule has 10 atom stereocenters. The SMILES string of the molecule is CC(C)[C@H](NC(=O)[C@H](CCC(=O)O)NC(=O)[C@H](CCCCN)NC(=O)[C@H](CO)NC(=O)[C@H](CCC(N)=O)NC(=O)[C@@H](N)CCC(N)=O)C(=O)N1CCC[C@H]1C(=O)N[C@@H](CCCN=C(N)N)C(=O)N[C@H](C(=O)O)[C@@H](C)O. The summed E-state index contributed by atoms with van der Waals surface area (Å²) in [7, 11) is 0. The van der Waals surface area contributed by atoms with Crippen LogP contribution in [0.15, 0.2) is 4.99 Å². The van der Waals surface area contributed by atoms with Gasteiger partial charge in [0.25, 0.3) is 0 Å². The zero-order chi connectivity index (χ0) is 57.1. The molecule has 10 amide bonds. The minimum Gasteiger partial charge on any atom is -0.481 e. The first-order valence-corrected chi connectivity index (χ1v) is 24.4. The molecule has 0 spiro atoms. The van der Waals surface area contributed by atoms with E-state index in [1.807, 2.05) is 0 Å². The molecule has 23 N–H and O–H groups in total. The van der Waals surface area contributed by atoms with E-state index in [0.717, 1.165) is 6.92 Å². The maximum Gasteiger partial charge on any atom is 0.328 e. The Morgan fingerprint density at radius 3 is 1.56 bits per heavy atom. The van der Waals surface area contributed by atoms with Crippen LogP contribution in [0.2, 0.25) is 0 Å². The van der Waals surface area contributed by atoms with Crippen molar-refractivity contribution in [3.8, 4) is 0 Å². The van der Waals surface area contributed by atoms with E-state index in [4.69, 9.17) is 34.4 Å². The third-order valence-electron chi connectivity index (χ3n) is 11.7. The van der Waals surface area contributed by atoms with Crippen molar-refractivity contribution in [2.75, 3.05) is 26.2 Å². The number of carboxylic acids is 2. The van der Waals surface area contributed by atoms with Crippen molar-refractivity contribution < 1.29 is 78.0 Å². The number of nitrogens with zero attached hydrogens (tertiary/aromatic N) is 2. The summed E-state index contributed by atoms with van der Waals surface area (Å²) in [4.78, 5) is 161. The summed E-state index contributed by atoms with van der Waals surface area (Å²) in [6.45, 7) is 3.39. The summed E-state index contributed by atoms with van der Waals surface area (Å²) < 4.78 is 0. The van der Waals surface area contributed by atoms with E-state index in [1.165, 1.54) is 4.90 Å². The number of aliphatic imine (C=N–C) groups is 1. The van der Waals surface area contributed by atoms with Crippen LogP contribution in [0.4, 0.5) is 0 Å². The zero-order valence-corrected chi connectivity index (χ0v) is 42.4. The second-order valence-electron chi connectivity index (χ2n) is 18.3. The monoisotopic (exact) mass is 1070 g/mol. The molecule has 0 saturated carbocycles. The summed E-state index contributed by atoms with van der Waals surface area (Å²) >= 11 is 0. The van der Waals surface area contributed by atoms with Gasteiger partial charge in [0.15, 0.2) is 12.0 Å². The van der Waals surface area contributed by atoms with Crippen molar-refractivity contribution in [2.45, 2.75) is 165 Å². The Morgan fingerprint density at radius 2 is 1.07 bits per heavy atom. The van der Waals surface area contributed by atoms with Gasteiger partial charge < -0.3 is 96.9 Å². The highest BCUT2D eigenvalue weighted by molar-refractivity contribution is 5.98. The van der Waals surface area contributed by atoms with Gasteiger partial charge in [-0.15, -0.1) is 0 Å². The Kier molecular flexibility index (Phi) is 29.4.